The van der Waals surface area contributed by atoms with E-state index < -0.39 is 0 Å². The van der Waals surface area contributed by atoms with Gasteiger partial charge in [-0.3, -0.25) is 0 Å². The first kappa shape index (κ1) is 11.6. The van der Waals surface area contributed by atoms with Crippen molar-refractivity contribution in [2.45, 2.75) is 12.8 Å². The van der Waals surface area contributed by atoms with Crippen LogP contribution in [0.2, 0.25) is 0 Å². The third-order valence-corrected chi connectivity index (χ3v) is 2.57. The Morgan fingerprint density at radius 2 is 2.06 bits per heavy atom. The summed E-state index contributed by atoms with van der Waals surface area (Å²) in [7, 11) is 1.63. The van der Waals surface area contributed by atoms with Gasteiger partial charge in [0.15, 0.2) is 5.82 Å². The van der Waals surface area contributed by atoms with Gasteiger partial charge >= 0.3 is 0 Å². The van der Waals surface area contributed by atoms with E-state index in [4.69, 9.17) is 15.0 Å². The Labute approximate surface area is 99.6 Å². The zero-order chi connectivity index (χ0) is 12.3. The highest BCUT2D eigenvalue weighted by Gasteiger charge is 2.13. The molecule has 0 amide bonds. The second-order valence-corrected chi connectivity index (χ2v) is 3.82. The molecule has 1 heterocycles. The highest BCUT2D eigenvalue weighted by Crippen LogP contribution is 2.22. The highest BCUT2D eigenvalue weighted by molar-refractivity contribution is 5.54. The Balaban J connectivity index is 2.24. The lowest BCUT2D eigenvalue weighted by Gasteiger charge is -2.00. The smallest absolute Gasteiger partial charge is 0.257 e. The maximum absolute atomic E-state index is 5.55. The first-order valence-corrected chi connectivity index (χ1v) is 5.42. The lowest BCUT2D eigenvalue weighted by Crippen LogP contribution is -2.10. The fourth-order valence-corrected chi connectivity index (χ4v) is 1.39. The SMILES string of the molecule is COc1ccc(-c2nc(C(C)CN)no2)cc1. The average molecular weight is 233 g/mol. The van der Waals surface area contributed by atoms with E-state index in [1.54, 1.807) is 7.11 Å². The first-order chi connectivity index (χ1) is 8.24. The number of nitrogens with two attached hydrogens (primary N) is 1. The summed E-state index contributed by atoms with van der Waals surface area (Å²) in [6.45, 7) is 2.46. The summed E-state index contributed by atoms with van der Waals surface area (Å²) < 4.78 is 10.3. The lowest BCUT2D eigenvalue weighted by atomic mass is 10.2. The number of ether oxygens (including phenoxy) is 1. The van der Waals surface area contributed by atoms with Crippen LogP contribution in [0.4, 0.5) is 0 Å². The van der Waals surface area contributed by atoms with Crippen molar-refractivity contribution in [3.8, 4) is 17.2 Å². The highest BCUT2D eigenvalue weighted by atomic mass is 16.5. The molecular formula is C12H15N3O2. The molecule has 1 unspecified atom stereocenters. The fourth-order valence-electron chi connectivity index (χ4n) is 1.39. The van der Waals surface area contributed by atoms with Crippen LogP contribution in [0.5, 0.6) is 5.75 Å². The minimum atomic E-state index is 0.103. The van der Waals surface area contributed by atoms with Gasteiger partial charge in [-0.1, -0.05) is 12.1 Å². The van der Waals surface area contributed by atoms with Gasteiger partial charge in [0.2, 0.25) is 0 Å². The van der Waals surface area contributed by atoms with Crippen LogP contribution in [-0.4, -0.2) is 23.8 Å². The molecule has 0 spiro atoms. The van der Waals surface area contributed by atoms with Crippen molar-refractivity contribution in [3.63, 3.8) is 0 Å². The van der Waals surface area contributed by atoms with Crippen LogP contribution in [0.3, 0.4) is 0 Å². The van der Waals surface area contributed by atoms with Crippen LogP contribution in [0.1, 0.15) is 18.7 Å². The van der Waals surface area contributed by atoms with Crippen LogP contribution in [0, 0.1) is 0 Å². The molecule has 1 aromatic carbocycles. The van der Waals surface area contributed by atoms with Gasteiger partial charge in [0, 0.05) is 18.0 Å². The third kappa shape index (κ3) is 2.45. The van der Waals surface area contributed by atoms with E-state index in [1.165, 1.54) is 0 Å². The minimum absolute atomic E-state index is 0.103. The van der Waals surface area contributed by atoms with E-state index in [1.807, 2.05) is 31.2 Å². The first-order valence-electron chi connectivity index (χ1n) is 5.42. The van der Waals surface area contributed by atoms with Crippen molar-refractivity contribution in [3.05, 3.63) is 30.1 Å². The second-order valence-electron chi connectivity index (χ2n) is 3.82. The molecule has 0 bridgehead atoms. The molecule has 0 saturated heterocycles. The number of rotatable bonds is 4. The predicted octanol–water partition coefficient (Wildman–Crippen LogP) is 1.81. The number of methoxy groups -OCH3 is 1. The molecule has 0 radical (unpaired) electrons. The van der Waals surface area contributed by atoms with Crippen molar-refractivity contribution in [2.75, 3.05) is 13.7 Å². The van der Waals surface area contributed by atoms with E-state index >= 15 is 0 Å². The molecule has 0 saturated carbocycles. The van der Waals surface area contributed by atoms with E-state index in [2.05, 4.69) is 10.1 Å². The quantitative estimate of drug-likeness (QED) is 0.871. The molecule has 17 heavy (non-hydrogen) atoms. The number of hydrogen-bond acceptors (Lipinski definition) is 5. The molecule has 0 aliphatic carbocycles. The van der Waals surface area contributed by atoms with Gasteiger partial charge in [-0.15, -0.1) is 0 Å². The second kappa shape index (κ2) is 4.97. The fraction of sp³-hybridized carbons (Fsp3) is 0.333. The zero-order valence-corrected chi connectivity index (χ0v) is 9.88. The molecule has 2 aromatic rings. The largest absolute Gasteiger partial charge is 0.497 e. The molecule has 2 rings (SSSR count). The molecule has 5 heteroatoms. The van der Waals surface area contributed by atoms with Crippen molar-refractivity contribution in [2.24, 2.45) is 5.73 Å². The maximum Gasteiger partial charge on any atom is 0.257 e. The van der Waals surface area contributed by atoms with Crippen LogP contribution < -0.4 is 10.5 Å². The normalized spacial score (nSPS) is 12.4. The van der Waals surface area contributed by atoms with Crippen LogP contribution in [-0.2, 0) is 0 Å². The van der Waals surface area contributed by atoms with E-state index in [9.17, 15) is 0 Å². The summed E-state index contributed by atoms with van der Waals surface area (Å²) in [4.78, 5) is 4.31. The van der Waals surface area contributed by atoms with E-state index in [-0.39, 0.29) is 5.92 Å². The molecule has 1 aromatic heterocycles. The summed E-state index contributed by atoms with van der Waals surface area (Å²) >= 11 is 0. The Morgan fingerprint density at radius 3 is 2.65 bits per heavy atom. The molecule has 0 aliphatic heterocycles. The van der Waals surface area contributed by atoms with E-state index in [0.29, 0.717) is 18.3 Å². The number of benzene rings is 1. The molecular weight excluding hydrogens is 218 g/mol. The van der Waals surface area contributed by atoms with Crippen molar-refractivity contribution >= 4 is 0 Å². The molecule has 5 nitrogen and oxygen atoms in total. The standard InChI is InChI=1S/C12H15N3O2/c1-8(7-13)11-14-12(17-15-11)9-3-5-10(16-2)6-4-9/h3-6,8H,7,13H2,1-2H3. The summed E-state index contributed by atoms with van der Waals surface area (Å²) in [6, 6.07) is 7.46. The number of nitrogens with zero attached hydrogens (tertiary/aromatic N) is 2. The summed E-state index contributed by atoms with van der Waals surface area (Å²) in [5, 5.41) is 3.91. The van der Waals surface area contributed by atoms with E-state index in [0.717, 1.165) is 11.3 Å². The number of hydrogen-bond donors (Lipinski definition) is 1. The molecule has 1 atom stereocenters. The van der Waals surface area contributed by atoms with Gasteiger partial charge in [0.05, 0.1) is 7.11 Å². The molecule has 90 valence electrons. The van der Waals surface area contributed by atoms with Gasteiger partial charge in [-0.25, -0.2) is 0 Å². The average Bonchev–Trinajstić information content (AvgIpc) is 2.87. The zero-order valence-electron chi connectivity index (χ0n) is 9.88. The van der Waals surface area contributed by atoms with Crippen LogP contribution in [0.15, 0.2) is 28.8 Å². The van der Waals surface area contributed by atoms with Crippen molar-refractivity contribution in [1.82, 2.24) is 10.1 Å². The Kier molecular flexibility index (Phi) is 3.39. The Morgan fingerprint density at radius 1 is 1.35 bits per heavy atom. The van der Waals surface area contributed by atoms with Gasteiger partial charge in [0.25, 0.3) is 5.89 Å². The minimum Gasteiger partial charge on any atom is -0.497 e. The topological polar surface area (TPSA) is 74.2 Å². The Hall–Kier alpha value is -1.88. The lowest BCUT2D eigenvalue weighted by molar-refractivity contribution is 0.413. The maximum atomic E-state index is 5.55. The van der Waals surface area contributed by atoms with Crippen LogP contribution >= 0.6 is 0 Å². The monoisotopic (exact) mass is 233 g/mol. The third-order valence-electron chi connectivity index (χ3n) is 2.57. The van der Waals surface area contributed by atoms with Gasteiger partial charge in [-0.2, -0.15) is 4.98 Å². The van der Waals surface area contributed by atoms with Gasteiger partial charge < -0.3 is 15.0 Å². The molecule has 0 fully saturated rings. The summed E-state index contributed by atoms with van der Waals surface area (Å²) in [5.41, 5.74) is 6.42. The van der Waals surface area contributed by atoms with Gasteiger partial charge in [-0.05, 0) is 24.3 Å². The summed E-state index contributed by atoms with van der Waals surface area (Å²) in [6.07, 6.45) is 0. The van der Waals surface area contributed by atoms with Crippen LogP contribution in [0.25, 0.3) is 11.5 Å². The van der Waals surface area contributed by atoms with Crippen molar-refractivity contribution in [1.29, 1.82) is 0 Å². The molecule has 0 aliphatic rings. The predicted molar refractivity (Wildman–Crippen MR) is 63.8 cm³/mol. The van der Waals surface area contributed by atoms with Gasteiger partial charge in [0.1, 0.15) is 5.75 Å². The molecule has 2 N–H and O–H groups in total. The van der Waals surface area contributed by atoms with Crippen molar-refractivity contribution < 1.29 is 9.26 Å². The Bertz CT molecular complexity index is 479. The number of aromatic nitrogens is 2. The summed E-state index contributed by atoms with van der Waals surface area (Å²) in [5.74, 6) is 2.04.